The van der Waals surface area contributed by atoms with E-state index in [2.05, 4.69) is 17.1 Å². The maximum Gasteiger partial charge on any atom is 0.289 e. The van der Waals surface area contributed by atoms with Gasteiger partial charge < -0.3 is 24.6 Å². The highest BCUT2D eigenvalue weighted by atomic mass is 16.3. The van der Waals surface area contributed by atoms with Crippen molar-refractivity contribution in [1.29, 1.82) is 0 Å². The van der Waals surface area contributed by atoms with Crippen LogP contribution in [0.25, 0.3) is 0 Å². The number of amides is 1. The summed E-state index contributed by atoms with van der Waals surface area (Å²) in [5.41, 5.74) is 0. The molecule has 0 radical (unpaired) electrons. The number of piperazine rings is 1. The lowest BCUT2D eigenvalue weighted by Gasteiger charge is -2.36. The van der Waals surface area contributed by atoms with E-state index in [0.29, 0.717) is 25.4 Å². The Kier molecular flexibility index (Phi) is 5.96. The predicted octanol–water partition coefficient (Wildman–Crippen LogP) is 1.16. The maximum atomic E-state index is 12.3. The first-order valence-corrected chi connectivity index (χ1v) is 9.23. The van der Waals surface area contributed by atoms with Gasteiger partial charge in [-0.2, -0.15) is 0 Å². The summed E-state index contributed by atoms with van der Waals surface area (Å²) < 4.78 is 5.20. The molecule has 138 valence electrons. The molecule has 3 rings (SSSR count). The average Bonchev–Trinajstić information content (AvgIpc) is 3.30. The zero-order valence-corrected chi connectivity index (χ0v) is 14.9. The summed E-state index contributed by atoms with van der Waals surface area (Å²) in [6.07, 6.45) is 4.34. The molecule has 1 amide bonds. The Bertz CT molecular complexity index is 579. The quantitative estimate of drug-likeness (QED) is 0.630. The molecule has 1 aliphatic heterocycles. The number of aliphatic imine (C=N–C) groups is 1. The van der Waals surface area contributed by atoms with Gasteiger partial charge in [0.15, 0.2) is 11.7 Å². The number of aliphatic hydroxyl groups is 1. The molecule has 7 heteroatoms. The van der Waals surface area contributed by atoms with E-state index < -0.39 is 0 Å². The molecule has 0 bridgehead atoms. The molecule has 2 fully saturated rings. The summed E-state index contributed by atoms with van der Waals surface area (Å²) in [5.74, 6) is 1.49. The Morgan fingerprint density at radius 2 is 2.08 bits per heavy atom. The van der Waals surface area contributed by atoms with Crippen molar-refractivity contribution >= 4 is 11.9 Å². The highest BCUT2D eigenvalue weighted by Gasteiger charge is 2.27. The van der Waals surface area contributed by atoms with Gasteiger partial charge in [-0.3, -0.25) is 9.79 Å². The molecule has 1 saturated heterocycles. The van der Waals surface area contributed by atoms with Gasteiger partial charge in [0.1, 0.15) is 0 Å². The van der Waals surface area contributed by atoms with E-state index >= 15 is 0 Å². The molecule has 2 N–H and O–H groups in total. The van der Waals surface area contributed by atoms with Crippen LogP contribution in [0.2, 0.25) is 0 Å². The van der Waals surface area contributed by atoms with Gasteiger partial charge in [0.25, 0.3) is 5.91 Å². The van der Waals surface area contributed by atoms with Gasteiger partial charge in [0, 0.05) is 45.2 Å². The molecule has 7 nitrogen and oxygen atoms in total. The molecule has 2 unspecified atom stereocenters. The van der Waals surface area contributed by atoms with Crippen LogP contribution < -0.4 is 5.32 Å². The van der Waals surface area contributed by atoms with Crippen molar-refractivity contribution in [2.75, 3.05) is 39.3 Å². The second kappa shape index (κ2) is 8.38. The lowest BCUT2D eigenvalue weighted by Crippen LogP contribution is -2.53. The minimum Gasteiger partial charge on any atom is -0.459 e. The third-order valence-electron chi connectivity index (χ3n) is 5.03. The van der Waals surface area contributed by atoms with Crippen molar-refractivity contribution < 1.29 is 14.3 Å². The first-order valence-electron chi connectivity index (χ1n) is 9.23. The van der Waals surface area contributed by atoms with E-state index in [9.17, 15) is 9.90 Å². The van der Waals surface area contributed by atoms with Crippen molar-refractivity contribution in [1.82, 2.24) is 15.1 Å². The number of carbonyl (C=O) groups excluding carboxylic acids is 1. The highest BCUT2D eigenvalue weighted by Crippen LogP contribution is 2.25. The van der Waals surface area contributed by atoms with Gasteiger partial charge in [-0.15, -0.1) is 0 Å². The third-order valence-corrected chi connectivity index (χ3v) is 5.03. The van der Waals surface area contributed by atoms with Gasteiger partial charge in [0.05, 0.1) is 12.4 Å². The molecule has 2 atom stereocenters. The van der Waals surface area contributed by atoms with Crippen LogP contribution in [-0.4, -0.2) is 72.1 Å². The molecular formula is C18H28N4O3. The fraction of sp³-hybridized carbons (Fsp3) is 0.667. The molecule has 1 aromatic heterocycles. The molecule has 2 aliphatic rings. The summed E-state index contributed by atoms with van der Waals surface area (Å²) in [4.78, 5) is 21.1. The Morgan fingerprint density at radius 3 is 2.68 bits per heavy atom. The number of hydrogen-bond acceptors (Lipinski definition) is 4. The summed E-state index contributed by atoms with van der Waals surface area (Å²) in [5, 5.41) is 13.3. The number of guanidine groups is 1. The lowest BCUT2D eigenvalue weighted by molar-refractivity contribution is 0.0657. The molecule has 0 spiro atoms. The van der Waals surface area contributed by atoms with E-state index in [4.69, 9.17) is 9.41 Å². The largest absolute Gasteiger partial charge is 0.459 e. The Hall–Kier alpha value is -2.02. The molecule has 2 heterocycles. The van der Waals surface area contributed by atoms with E-state index in [1.54, 1.807) is 12.1 Å². The first-order chi connectivity index (χ1) is 12.2. The molecule has 1 aromatic rings. The van der Waals surface area contributed by atoms with Crippen molar-refractivity contribution in [2.45, 2.75) is 32.3 Å². The second-order valence-electron chi connectivity index (χ2n) is 6.71. The minimum atomic E-state index is -0.214. The number of nitrogens with one attached hydrogen (secondary N) is 1. The zero-order chi connectivity index (χ0) is 17.6. The fourth-order valence-corrected chi connectivity index (χ4v) is 3.54. The van der Waals surface area contributed by atoms with Crippen LogP contribution >= 0.6 is 0 Å². The summed E-state index contributed by atoms with van der Waals surface area (Å²) in [6, 6.07) is 3.43. The van der Waals surface area contributed by atoms with Gasteiger partial charge in [-0.25, -0.2) is 0 Å². The zero-order valence-electron chi connectivity index (χ0n) is 14.9. The normalized spacial score (nSPS) is 24.6. The Morgan fingerprint density at radius 1 is 1.32 bits per heavy atom. The minimum absolute atomic E-state index is 0.0549. The average molecular weight is 348 g/mol. The van der Waals surface area contributed by atoms with Gasteiger partial charge in [-0.1, -0.05) is 6.42 Å². The molecular weight excluding hydrogens is 320 g/mol. The maximum absolute atomic E-state index is 12.3. The number of furan rings is 1. The lowest BCUT2D eigenvalue weighted by atomic mass is 10.1. The molecule has 1 aliphatic carbocycles. The van der Waals surface area contributed by atoms with Crippen LogP contribution in [0, 0.1) is 5.92 Å². The highest BCUT2D eigenvalue weighted by molar-refractivity contribution is 5.91. The number of nitrogens with zero attached hydrogens (tertiary/aromatic N) is 3. The standard InChI is InChI=1S/C18H28N4O3/c1-2-19-18(20-13-14-5-3-6-15(14)23)22-10-8-21(9-11-22)17(24)16-7-4-12-25-16/h4,7,12,14-15,23H,2-3,5-6,8-11,13H2,1H3,(H,19,20). The molecule has 1 saturated carbocycles. The Labute approximate surface area is 148 Å². The van der Waals surface area contributed by atoms with Crippen LogP contribution in [0.15, 0.2) is 27.8 Å². The van der Waals surface area contributed by atoms with Gasteiger partial charge >= 0.3 is 0 Å². The van der Waals surface area contributed by atoms with Crippen molar-refractivity contribution in [3.63, 3.8) is 0 Å². The Balaban J connectivity index is 1.55. The number of aliphatic hydroxyl groups excluding tert-OH is 1. The fourth-order valence-electron chi connectivity index (χ4n) is 3.54. The van der Waals surface area contributed by atoms with E-state index in [-0.39, 0.29) is 17.9 Å². The van der Waals surface area contributed by atoms with Crippen molar-refractivity contribution in [2.24, 2.45) is 10.9 Å². The van der Waals surface area contributed by atoms with Crippen LogP contribution in [0.1, 0.15) is 36.7 Å². The number of hydrogen-bond donors (Lipinski definition) is 2. The predicted molar refractivity (Wildman–Crippen MR) is 95.5 cm³/mol. The van der Waals surface area contributed by atoms with Gasteiger partial charge in [0.2, 0.25) is 0 Å². The van der Waals surface area contributed by atoms with Crippen LogP contribution in [0.5, 0.6) is 0 Å². The van der Waals surface area contributed by atoms with Crippen LogP contribution in [0.4, 0.5) is 0 Å². The van der Waals surface area contributed by atoms with Crippen LogP contribution in [0.3, 0.4) is 0 Å². The third kappa shape index (κ3) is 4.34. The summed E-state index contributed by atoms with van der Waals surface area (Å²) >= 11 is 0. The summed E-state index contributed by atoms with van der Waals surface area (Å²) in [6.45, 7) is 6.30. The number of rotatable bonds is 4. The van der Waals surface area contributed by atoms with E-state index in [1.165, 1.54) is 6.26 Å². The van der Waals surface area contributed by atoms with E-state index in [1.807, 2.05) is 4.90 Å². The monoisotopic (exact) mass is 348 g/mol. The van der Waals surface area contributed by atoms with Crippen molar-refractivity contribution in [3.8, 4) is 0 Å². The van der Waals surface area contributed by atoms with Gasteiger partial charge in [-0.05, 0) is 31.9 Å². The summed E-state index contributed by atoms with van der Waals surface area (Å²) in [7, 11) is 0. The first kappa shape index (κ1) is 17.8. The SMILES string of the molecule is CCNC(=NCC1CCCC1O)N1CCN(C(=O)c2ccco2)CC1. The van der Waals surface area contributed by atoms with Crippen molar-refractivity contribution in [3.05, 3.63) is 24.2 Å². The molecule has 25 heavy (non-hydrogen) atoms. The smallest absolute Gasteiger partial charge is 0.289 e. The van der Waals surface area contributed by atoms with Crippen LogP contribution in [-0.2, 0) is 0 Å². The second-order valence-corrected chi connectivity index (χ2v) is 6.71. The van der Waals surface area contributed by atoms with E-state index in [0.717, 1.165) is 44.9 Å². The topological polar surface area (TPSA) is 81.3 Å². The molecule has 0 aromatic carbocycles. The number of carbonyl (C=O) groups is 1.